The molecule has 0 amide bonds. The van der Waals surface area contributed by atoms with Crippen molar-refractivity contribution in [2.75, 3.05) is 5.73 Å². The Kier molecular flexibility index (Phi) is 2.42. The third kappa shape index (κ3) is 2.32. The van der Waals surface area contributed by atoms with Crippen LogP contribution in [0.5, 0.6) is 0 Å². The molecule has 72 valence electrons. The largest absolute Gasteiger partial charge is 0.407 e. The van der Waals surface area contributed by atoms with Gasteiger partial charge in [0.25, 0.3) is 0 Å². The van der Waals surface area contributed by atoms with Gasteiger partial charge >= 0.3 is 6.18 Å². The molecule has 0 aliphatic heterocycles. The molecule has 0 bridgehead atoms. The zero-order chi connectivity index (χ0) is 10.1. The van der Waals surface area contributed by atoms with Crippen LogP contribution in [0.2, 0.25) is 0 Å². The van der Waals surface area contributed by atoms with E-state index in [1.165, 1.54) is 12.1 Å². The van der Waals surface area contributed by atoms with Gasteiger partial charge in [-0.3, -0.25) is 0 Å². The van der Waals surface area contributed by atoms with E-state index in [1.807, 2.05) is 0 Å². The summed E-state index contributed by atoms with van der Waals surface area (Å²) < 4.78 is 36.2. The Balaban J connectivity index is 2.90. The molecule has 0 unspecified atom stereocenters. The van der Waals surface area contributed by atoms with Crippen LogP contribution in [0.4, 0.5) is 19.0 Å². The molecule has 13 heavy (non-hydrogen) atoms. The van der Waals surface area contributed by atoms with E-state index >= 15 is 0 Å². The number of nitrogen functional groups attached to an aromatic ring is 1. The number of rotatable bonds is 1. The minimum Gasteiger partial charge on any atom is -0.384 e. The van der Waals surface area contributed by atoms with Gasteiger partial charge in [-0.25, -0.2) is 4.98 Å². The van der Waals surface area contributed by atoms with Gasteiger partial charge in [0.2, 0.25) is 0 Å². The van der Waals surface area contributed by atoms with E-state index < -0.39 is 12.2 Å². The second kappa shape index (κ2) is 3.21. The number of pyridine rings is 1. The average Bonchev–Trinajstić information content (AvgIpc) is 2.03. The SMILES string of the molecule is Nc1ccc([C@@H](N)C(F)(F)F)cn1. The number of hydrogen-bond acceptors (Lipinski definition) is 3. The van der Waals surface area contributed by atoms with Crippen LogP contribution in [0.15, 0.2) is 18.3 Å². The number of halogens is 3. The van der Waals surface area contributed by atoms with Crippen molar-refractivity contribution >= 4 is 5.82 Å². The molecule has 0 aliphatic rings. The summed E-state index contributed by atoms with van der Waals surface area (Å²) in [6.07, 6.45) is -3.43. The van der Waals surface area contributed by atoms with Crippen molar-refractivity contribution in [3.63, 3.8) is 0 Å². The molecule has 1 heterocycles. The van der Waals surface area contributed by atoms with Crippen molar-refractivity contribution in [1.29, 1.82) is 0 Å². The fourth-order valence-corrected chi connectivity index (χ4v) is 0.790. The highest BCUT2D eigenvalue weighted by Crippen LogP contribution is 2.29. The Morgan fingerprint density at radius 1 is 1.31 bits per heavy atom. The second-order valence-electron chi connectivity index (χ2n) is 2.54. The maximum atomic E-state index is 12.1. The first-order valence-electron chi connectivity index (χ1n) is 3.45. The zero-order valence-electron chi connectivity index (χ0n) is 6.55. The molecule has 3 nitrogen and oxygen atoms in total. The molecule has 6 heteroatoms. The highest BCUT2D eigenvalue weighted by molar-refractivity contribution is 5.30. The summed E-state index contributed by atoms with van der Waals surface area (Å²) in [6, 6.07) is 0.488. The summed E-state index contributed by atoms with van der Waals surface area (Å²) in [6.45, 7) is 0. The van der Waals surface area contributed by atoms with Crippen LogP contribution >= 0.6 is 0 Å². The van der Waals surface area contributed by atoms with Crippen LogP contribution in [0.25, 0.3) is 0 Å². The Labute approximate surface area is 72.6 Å². The molecule has 0 aliphatic carbocycles. The van der Waals surface area contributed by atoms with Gasteiger partial charge in [0.05, 0.1) is 0 Å². The number of aromatic nitrogens is 1. The molecular weight excluding hydrogens is 183 g/mol. The molecule has 1 aromatic heterocycles. The van der Waals surface area contributed by atoms with E-state index in [0.29, 0.717) is 0 Å². The summed E-state index contributed by atoms with van der Waals surface area (Å²) in [5.41, 5.74) is 10.0. The molecule has 1 aromatic rings. The predicted molar refractivity (Wildman–Crippen MR) is 41.6 cm³/mol. The van der Waals surface area contributed by atoms with Gasteiger partial charge in [0, 0.05) is 6.20 Å². The summed E-state index contributed by atoms with van der Waals surface area (Å²) in [4.78, 5) is 3.51. The lowest BCUT2D eigenvalue weighted by Crippen LogP contribution is -2.28. The second-order valence-corrected chi connectivity index (χ2v) is 2.54. The molecule has 0 saturated carbocycles. The fourth-order valence-electron chi connectivity index (χ4n) is 0.790. The summed E-state index contributed by atoms with van der Waals surface area (Å²) >= 11 is 0. The number of alkyl halides is 3. The first kappa shape index (κ1) is 9.79. The number of hydrogen-bond donors (Lipinski definition) is 2. The predicted octanol–water partition coefficient (Wildman–Crippen LogP) is 1.23. The highest BCUT2D eigenvalue weighted by Gasteiger charge is 2.37. The molecule has 0 saturated heterocycles. The minimum absolute atomic E-state index is 0.0956. The molecule has 0 radical (unpaired) electrons. The quantitative estimate of drug-likeness (QED) is 0.701. The lowest BCUT2D eigenvalue weighted by atomic mass is 10.1. The Morgan fingerprint density at radius 2 is 1.92 bits per heavy atom. The maximum Gasteiger partial charge on any atom is 0.407 e. The molecule has 0 aromatic carbocycles. The zero-order valence-corrected chi connectivity index (χ0v) is 6.55. The van der Waals surface area contributed by atoms with Crippen molar-refractivity contribution < 1.29 is 13.2 Å². The summed E-state index contributed by atoms with van der Waals surface area (Å²) in [7, 11) is 0. The van der Waals surface area contributed by atoms with Gasteiger partial charge in [0.1, 0.15) is 11.9 Å². The first-order chi connectivity index (χ1) is 5.91. The third-order valence-electron chi connectivity index (χ3n) is 1.52. The summed E-state index contributed by atoms with van der Waals surface area (Å²) in [5, 5.41) is 0. The molecule has 0 fully saturated rings. The Hall–Kier alpha value is -1.30. The number of nitrogens with zero attached hydrogens (tertiary/aromatic N) is 1. The lowest BCUT2D eigenvalue weighted by Gasteiger charge is -2.15. The Bertz CT molecular complexity index is 280. The van der Waals surface area contributed by atoms with Crippen LogP contribution < -0.4 is 11.5 Å². The monoisotopic (exact) mass is 191 g/mol. The summed E-state index contributed by atoms with van der Waals surface area (Å²) in [5.74, 6) is 0.165. The van der Waals surface area contributed by atoms with Crippen molar-refractivity contribution in [2.24, 2.45) is 5.73 Å². The normalized spacial score (nSPS) is 14.2. The van der Waals surface area contributed by atoms with E-state index in [0.717, 1.165) is 6.20 Å². The molecule has 1 rings (SSSR count). The van der Waals surface area contributed by atoms with Gasteiger partial charge in [-0.1, -0.05) is 6.07 Å². The molecular formula is C7H8F3N3. The van der Waals surface area contributed by atoms with Crippen molar-refractivity contribution in [2.45, 2.75) is 12.2 Å². The molecule has 4 N–H and O–H groups in total. The lowest BCUT2D eigenvalue weighted by molar-refractivity contribution is -0.149. The highest BCUT2D eigenvalue weighted by atomic mass is 19.4. The van der Waals surface area contributed by atoms with Crippen LogP contribution in [0.3, 0.4) is 0 Å². The molecule has 0 spiro atoms. The van der Waals surface area contributed by atoms with Gasteiger partial charge in [0.15, 0.2) is 0 Å². The van der Waals surface area contributed by atoms with E-state index in [4.69, 9.17) is 11.5 Å². The van der Waals surface area contributed by atoms with Gasteiger partial charge < -0.3 is 11.5 Å². The van der Waals surface area contributed by atoms with Crippen LogP contribution in [-0.4, -0.2) is 11.2 Å². The van der Waals surface area contributed by atoms with Gasteiger partial charge in [-0.2, -0.15) is 13.2 Å². The van der Waals surface area contributed by atoms with E-state index in [-0.39, 0.29) is 11.4 Å². The van der Waals surface area contributed by atoms with Gasteiger partial charge in [-0.15, -0.1) is 0 Å². The average molecular weight is 191 g/mol. The van der Waals surface area contributed by atoms with Gasteiger partial charge in [-0.05, 0) is 11.6 Å². The Morgan fingerprint density at radius 3 is 2.31 bits per heavy atom. The van der Waals surface area contributed by atoms with Crippen molar-refractivity contribution in [3.05, 3.63) is 23.9 Å². The van der Waals surface area contributed by atoms with Crippen LogP contribution in [-0.2, 0) is 0 Å². The first-order valence-corrected chi connectivity index (χ1v) is 3.45. The van der Waals surface area contributed by atoms with Crippen LogP contribution in [0, 0.1) is 0 Å². The third-order valence-corrected chi connectivity index (χ3v) is 1.52. The fraction of sp³-hybridized carbons (Fsp3) is 0.286. The molecule has 1 atom stereocenters. The van der Waals surface area contributed by atoms with Crippen molar-refractivity contribution in [3.8, 4) is 0 Å². The standard InChI is InChI=1S/C7H8F3N3/c8-7(9,10)6(12)4-1-2-5(11)13-3-4/h1-3,6H,12H2,(H2,11,13)/t6-/m1/s1. The van der Waals surface area contributed by atoms with E-state index in [9.17, 15) is 13.2 Å². The smallest absolute Gasteiger partial charge is 0.384 e. The topological polar surface area (TPSA) is 64.9 Å². The van der Waals surface area contributed by atoms with E-state index in [2.05, 4.69) is 4.98 Å². The minimum atomic E-state index is -4.45. The van der Waals surface area contributed by atoms with E-state index in [1.54, 1.807) is 0 Å². The van der Waals surface area contributed by atoms with Crippen molar-refractivity contribution in [1.82, 2.24) is 4.98 Å². The number of anilines is 1. The van der Waals surface area contributed by atoms with Crippen LogP contribution in [0.1, 0.15) is 11.6 Å². The maximum absolute atomic E-state index is 12.1. The number of nitrogens with two attached hydrogens (primary N) is 2.